The number of rotatable bonds is 7. The predicted molar refractivity (Wildman–Crippen MR) is 104 cm³/mol. The van der Waals surface area contributed by atoms with Gasteiger partial charge in [0.25, 0.3) is 0 Å². The zero-order valence-electron chi connectivity index (χ0n) is 15.7. The fraction of sp³-hybridized carbons (Fsp3) is 0.286. The van der Waals surface area contributed by atoms with Crippen LogP contribution < -0.4 is 14.9 Å². The lowest BCUT2D eigenvalue weighted by atomic mass is 10.1. The Morgan fingerprint density at radius 2 is 1.85 bits per heavy atom. The highest BCUT2D eigenvalue weighted by molar-refractivity contribution is 5.83. The van der Waals surface area contributed by atoms with Crippen LogP contribution in [0.15, 0.2) is 51.9 Å². The SMILES string of the molecule is CCN(CC)Cc1c(O)ccc2c(=O)c(Oc3cccc(OC)c3)coc12. The molecule has 0 spiro atoms. The summed E-state index contributed by atoms with van der Waals surface area (Å²) in [6.45, 7) is 6.24. The maximum atomic E-state index is 12.9. The van der Waals surface area contributed by atoms with Gasteiger partial charge in [0.1, 0.15) is 29.1 Å². The number of hydrogen-bond acceptors (Lipinski definition) is 6. The summed E-state index contributed by atoms with van der Waals surface area (Å²) in [5, 5.41) is 10.6. The van der Waals surface area contributed by atoms with Crippen LogP contribution in [0, 0.1) is 0 Å². The molecule has 0 radical (unpaired) electrons. The first-order chi connectivity index (χ1) is 13.1. The van der Waals surface area contributed by atoms with Crippen LogP contribution in [0.2, 0.25) is 0 Å². The zero-order chi connectivity index (χ0) is 19.4. The Bertz CT molecular complexity index is 992. The van der Waals surface area contributed by atoms with Crippen LogP contribution in [0.5, 0.6) is 23.0 Å². The van der Waals surface area contributed by atoms with Crippen molar-refractivity contribution in [2.75, 3.05) is 20.2 Å². The number of benzene rings is 2. The van der Waals surface area contributed by atoms with Gasteiger partial charge < -0.3 is 19.0 Å². The summed E-state index contributed by atoms with van der Waals surface area (Å²) in [4.78, 5) is 15.0. The number of ether oxygens (including phenoxy) is 2. The average Bonchev–Trinajstić information content (AvgIpc) is 2.69. The largest absolute Gasteiger partial charge is 0.507 e. The zero-order valence-corrected chi connectivity index (χ0v) is 15.7. The van der Waals surface area contributed by atoms with Gasteiger partial charge in [0.05, 0.1) is 18.1 Å². The van der Waals surface area contributed by atoms with Crippen molar-refractivity contribution in [1.82, 2.24) is 4.90 Å². The minimum Gasteiger partial charge on any atom is -0.507 e. The van der Waals surface area contributed by atoms with Crippen LogP contribution in [-0.2, 0) is 6.54 Å². The summed E-state index contributed by atoms with van der Waals surface area (Å²) in [7, 11) is 1.56. The third-order valence-electron chi connectivity index (χ3n) is 4.53. The van der Waals surface area contributed by atoms with Gasteiger partial charge in [-0.3, -0.25) is 9.69 Å². The topological polar surface area (TPSA) is 72.1 Å². The Hall–Kier alpha value is -2.99. The van der Waals surface area contributed by atoms with Gasteiger partial charge >= 0.3 is 0 Å². The molecule has 0 saturated carbocycles. The number of hydrogen-bond donors (Lipinski definition) is 1. The highest BCUT2D eigenvalue weighted by Gasteiger charge is 2.17. The summed E-state index contributed by atoms with van der Waals surface area (Å²) in [5.74, 6) is 1.29. The molecule has 0 bridgehead atoms. The van der Waals surface area contributed by atoms with Crippen LogP contribution in [0.25, 0.3) is 11.0 Å². The molecule has 1 aromatic heterocycles. The van der Waals surface area contributed by atoms with Gasteiger partial charge in [-0.05, 0) is 37.4 Å². The van der Waals surface area contributed by atoms with Crippen LogP contribution >= 0.6 is 0 Å². The molecule has 6 heteroatoms. The van der Waals surface area contributed by atoms with E-state index in [0.29, 0.717) is 34.6 Å². The number of methoxy groups -OCH3 is 1. The van der Waals surface area contributed by atoms with Gasteiger partial charge in [0, 0.05) is 12.6 Å². The summed E-state index contributed by atoms with van der Waals surface area (Å²) in [5.41, 5.74) is 0.686. The smallest absolute Gasteiger partial charge is 0.235 e. The molecule has 6 nitrogen and oxygen atoms in total. The molecule has 3 rings (SSSR count). The minimum absolute atomic E-state index is 0.0789. The van der Waals surface area contributed by atoms with Crippen molar-refractivity contribution >= 4 is 11.0 Å². The molecule has 0 fully saturated rings. The molecule has 0 amide bonds. The molecule has 0 aliphatic rings. The second-order valence-electron chi connectivity index (χ2n) is 6.11. The number of phenolic OH excluding ortho intramolecular Hbond substituents is 1. The second kappa shape index (κ2) is 8.14. The fourth-order valence-corrected chi connectivity index (χ4v) is 2.92. The molecular weight excluding hydrogens is 346 g/mol. The van der Waals surface area contributed by atoms with E-state index < -0.39 is 0 Å². The lowest BCUT2D eigenvalue weighted by Crippen LogP contribution is -2.22. The number of nitrogens with zero attached hydrogens (tertiary/aromatic N) is 1. The van der Waals surface area contributed by atoms with Crippen molar-refractivity contribution in [3.8, 4) is 23.0 Å². The molecule has 0 unspecified atom stereocenters. The van der Waals surface area contributed by atoms with Crippen LogP contribution in [0.1, 0.15) is 19.4 Å². The molecule has 1 heterocycles. The van der Waals surface area contributed by atoms with Gasteiger partial charge in [-0.1, -0.05) is 19.9 Å². The highest BCUT2D eigenvalue weighted by Crippen LogP contribution is 2.30. The minimum atomic E-state index is -0.292. The highest BCUT2D eigenvalue weighted by atomic mass is 16.5. The van der Waals surface area contributed by atoms with Gasteiger partial charge in [-0.2, -0.15) is 0 Å². The quantitative estimate of drug-likeness (QED) is 0.675. The molecule has 0 saturated heterocycles. The fourth-order valence-electron chi connectivity index (χ4n) is 2.92. The first-order valence-corrected chi connectivity index (χ1v) is 8.88. The Morgan fingerprint density at radius 3 is 2.56 bits per heavy atom. The molecule has 27 heavy (non-hydrogen) atoms. The molecule has 0 atom stereocenters. The molecule has 0 aliphatic carbocycles. The van der Waals surface area contributed by atoms with E-state index in [4.69, 9.17) is 13.9 Å². The second-order valence-corrected chi connectivity index (χ2v) is 6.11. The molecule has 142 valence electrons. The van der Waals surface area contributed by atoms with E-state index in [1.54, 1.807) is 37.4 Å². The Morgan fingerprint density at radius 1 is 1.11 bits per heavy atom. The number of phenols is 1. The normalized spacial score (nSPS) is 11.1. The Balaban J connectivity index is 2.02. The Kier molecular flexibility index (Phi) is 5.66. The Labute approximate surface area is 157 Å². The lowest BCUT2D eigenvalue weighted by Gasteiger charge is -2.19. The molecule has 2 aromatic carbocycles. The van der Waals surface area contributed by atoms with Gasteiger partial charge in [-0.15, -0.1) is 0 Å². The first-order valence-electron chi connectivity index (χ1n) is 8.88. The van der Waals surface area contributed by atoms with Crippen molar-refractivity contribution in [3.63, 3.8) is 0 Å². The maximum Gasteiger partial charge on any atom is 0.235 e. The van der Waals surface area contributed by atoms with E-state index in [0.717, 1.165) is 13.1 Å². The van der Waals surface area contributed by atoms with E-state index in [-0.39, 0.29) is 16.9 Å². The molecule has 3 aromatic rings. The van der Waals surface area contributed by atoms with Gasteiger partial charge in [-0.25, -0.2) is 0 Å². The summed E-state index contributed by atoms with van der Waals surface area (Å²) >= 11 is 0. The number of aromatic hydroxyl groups is 1. The van der Waals surface area contributed by atoms with E-state index in [2.05, 4.69) is 4.90 Å². The van der Waals surface area contributed by atoms with E-state index in [1.807, 2.05) is 13.8 Å². The van der Waals surface area contributed by atoms with Crippen molar-refractivity contribution in [2.45, 2.75) is 20.4 Å². The lowest BCUT2D eigenvalue weighted by molar-refractivity contribution is 0.290. The van der Waals surface area contributed by atoms with Gasteiger partial charge in [0.2, 0.25) is 11.2 Å². The van der Waals surface area contributed by atoms with E-state index in [9.17, 15) is 9.90 Å². The van der Waals surface area contributed by atoms with E-state index in [1.165, 1.54) is 12.3 Å². The first kappa shape index (κ1) is 18.8. The van der Waals surface area contributed by atoms with Crippen LogP contribution in [0.3, 0.4) is 0 Å². The summed E-state index contributed by atoms with van der Waals surface area (Å²) in [6, 6.07) is 10.1. The average molecular weight is 369 g/mol. The van der Waals surface area contributed by atoms with Crippen molar-refractivity contribution < 1.29 is 19.0 Å². The van der Waals surface area contributed by atoms with Crippen LogP contribution in [-0.4, -0.2) is 30.2 Å². The van der Waals surface area contributed by atoms with Crippen molar-refractivity contribution in [2.24, 2.45) is 0 Å². The number of fused-ring (bicyclic) bond motifs is 1. The predicted octanol–water partition coefficient (Wildman–Crippen LogP) is 4.14. The summed E-state index contributed by atoms with van der Waals surface area (Å²) in [6.07, 6.45) is 1.29. The standard InChI is InChI=1S/C21H23NO5/c1-4-22(5-2)12-17-18(23)10-9-16-20(24)19(13-26-21(16)17)27-15-8-6-7-14(11-15)25-3/h6-11,13,23H,4-5,12H2,1-3H3. The third kappa shape index (κ3) is 3.90. The maximum absolute atomic E-state index is 12.9. The molecular formula is C21H23NO5. The molecule has 1 N–H and O–H groups in total. The third-order valence-corrected chi connectivity index (χ3v) is 4.53. The van der Waals surface area contributed by atoms with Crippen LogP contribution in [0.4, 0.5) is 0 Å². The summed E-state index contributed by atoms with van der Waals surface area (Å²) < 4.78 is 16.6. The monoisotopic (exact) mass is 369 g/mol. The van der Waals surface area contributed by atoms with Gasteiger partial charge in [0.15, 0.2) is 0 Å². The van der Waals surface area contributed by atoms with Crippen molar-refractivity contribution in [3.05, 3.63) is 58.4 Å². The van der Waals surface area contributed by atoms with E-state index >= 15 is 0 Å². The van der Waals surface area contributed by atoms with Crippen molar-refractivity contribution in [1.29, 1.82) is 0 Å². The molecule has 0 aliphatic heterocycles.